The van der Waals surface area contributed by atoms with Crippen LogP contribution in [-0.2, 0) is 6.54 Å². The molecule has 0 unspecified atom stereocenters. The number of hydrogen-bond donors (Lipinski definition) is 0. The van der Waals surface area contributed by atoms with Crippen molar-refractivity contribution in [3.8, 4) is 5.75 Å². The maximum absolute atomic E-state index is 5.25. The summed E-state index contributed by atoms with van der Waals surface area (Å²) < 4.78 is 5.25. The fourth-order valence-corrected chi connectivity index (χ4v) is 1.39. The van der Waals surface area contributed by atoms with Gasteiger partial charge < -0.3 is 9.64 Å². The molecule has 2 heteroatoms. The minimum atomic E-state index is 0.919. The molecule has 1 saturated heterocycles. The highest BCUT2D eigenvalue weighted by Gasteiger charge is 2.22. The molecule has 0 radical (unpaired) electrons. The van der Waals surface area contributed by atoms with E-state index in [1.807, 2.05) is 18.2 Å². The van der Waals surface area contributed by atoms with Gasteiger partial charge in [-0.3, -0.25) is 0 Å². The van der Waals surface area contributed by atoms with E-state index in [4.69, 9.17) is 4.74 Å². The molecule has 0 atom stereocenters. The molecule has 1 aromatic rings. The second kappa shape index (κ2) is 3.13. The third-order valence-electron chi connectivity index (χ3n) is 2.27. The van der Waals surface area contributed by atoms with Crippen LogP contribution in [0, 0.1) is 0 Å². The van der Waals surface area contributed by atoms with Crippen LogP contribution < -0.4 is 4.74 Å². The van der Waals surface area contributed by atoms with Gasteiger partial charge in [0.15, 0.2) is 0 Å². The summed E-state index contributed by atoms with van der Waals surface area (Å²) in [6.07, 6.45) is 0. The molecule has 2 rings (SSSR count). The average Bonchev–Trinajstić information content (AvgIpc) is 2.83. The Bertz CT molecular complexity index is 333. The number of hydrogen-bond acceptors (Lipinski definition) is 2. The van der Waals surface area contributed by atoms with Crippen molar-refractivity contribution < 1.29 is 4.74 Å². The maximum atomic E-state index is 5.25. The van der Waals surface area contributed by atoms with Crippen molar-refractivity contribution in [1.29, 1.82) is 0 Å². The Morgan fingerprint density at radius 3 is 2.77 bits per heavy atom. The molecule has 1 aromatic carbocycles. The Kier molecular flexibility index (Phi) is 1.97. The minimum absolute atomic E-state index is 0.919. The predicted molar refractivity (Wildman–Crippen MR) is 52.5 cm³/mol. The fraction of sp³-hybridized carbons (Fsp3) is 0.273. The standard InChI is InChI=1S/C11H13NO/c1-9-7-12(9)8-10-5-3-4-6-11(10)13-2/h3-6H,1,7-8H2,2H3. The number of ether oxygens (including phenoxy) is 1. The van der Waals surface area contributed by atoms with E-state index in [2.05, 4.69) is 17.5 Å². The fourth-order valence-electron chi connectivity index (χ4n) is 1.39. The van der Waals surface area contributed by atoms with Crippen LogP contribution in [0.3, 0.4) is 0 Å². The van der Waals surface area contributed by atoms with Gasteiger partial charge in [-0.25, -0.2) is 0 Å². The van der Waals surface area contributed by atoms with Crippen molar-refractivity contribution in [3.05, 3.63) is 42.1 Å². The van der Waals surface area contributed by atoms with Gasteiger partial charge in [-0.2, -0.15) is 0 Å². The van der Waals surface area contributed by atoms with Crippen LogP contribution in [0.1, 0.15) is 5.56 Å². The molecular weight excluding hydrogens is 162 g/mol. The predicted octanol–water partition coefficient (Wildman–Crippen LogP) is 2.02. The van der Waals surface area contributed by atoms with Gasteiger partial charge in [-0.15, -0.1) is 0 Å². The summed E-state index contributed by atoms with van der Waals surface area (Å²) >= 11 is 0. The van der Waals surface area contributed by atoms with Gasteiger partial charge in [0.2, 0.25) is 0 Å². The van der Waals surface area contributed by atoms with Gasteiger partial charge in [0.1, 0.15) is 5.75 Å². The number of rotatable bonds is 3. The lowest BCUT2D eigenvalue weighted by Gasteiger charge is -2.08. The zero-order valence-electron chi connectivity index (χ0n) is 7.79. The molecule has 68 valence electrons. The zero-order valence-corrected chi connectivity index (χ0v) is 7.79. The van der Waals surface area contributed by atoms with Crippen LogP contribution in [0.2, 0.25) is 0 Å². The summed E-state index contributed by atoms with van der Waals surface area (Å²) in [4.78, 5) is 2.22. The smallest absolute Gasteiger partial charge is 0.123 e. The molecule has 1 fully saturated rings. The van der Waals surface area contributed by atoms with Crippen LogP contribution in [0.25, 0.3) is 0 Å². The normalized spacial score (nSPS) is 14.5. The molecule has 0 spiro atoms. The largest absolute Gasteiger partial charge is 0.496 e. The van der Waals surface area contributed by atoms with E-state index in [1.54, 1.807) is 7.11 Å². The minimum Gasteiger partial charge on any atom is -0.496 e. The number of benzene rings is 1. The molecule has 0 amide bonds. The molecule has 0 saturated carbocycles. The van der Waals surface area contributed by atoms with E-state index in [-0.39, 0.29) is 0 Å². The van der Waals surface area contributed by atoms with Gasteiger partial charge in [0.05, 0.1) is 13.7 Å². The van der Waals surface area contributed by atoms with Crippen molar-refractivity contribution in [2.45, 2.75) is 6.54 Å². The lowest BCUT2D eigenvalue weighted by atomic mass is 10.2. The number of para-hydroxylation sites is 1. The van der Waals surface area contributed by atoms with Gasteiger partial charge in [-0.1, -0.05) is 24.8 Å². The quantitative estimate of drug-likeness (QED) is 0.651. The van der Waals surface area contributed by atoms with Crippen molar-refractivity contribution in [2.75, 3.05) is 13.7 Å². The molecule has 0 aliphatic carbocycles. The molecule has 1 aliphatic rings. The van der Waals surface area contributed by atoms with E-state index in [0.29, 0.717) is 0 Å². The van der Waals surface area contributed by atoms with Gasteiger partial charge >= 0.3 is 0 Å². The summed E-state index contributed by atoms with van der Waals surface area (Å²) in [7, 11) is 1.70. The second-order valence-electron chi connectivity index (χ2n) is 3.23. The third kappa shape index (κ3) is 1.66. The van der Waals surface area contributed by atoms with E-state index in [0.717, 1.165) is 18.8 Å². The SMILES string of the molecule is C=C1CN1Cc1ccccc1OC. The zero-order chi connectivity index (χ0) is 9.26. The maximum Gasteiger partial charge on any atom is 0.123 e. The molecule has 13 heavy (non-hydrogen) atoms. The summed E-state index contributed by atoms with van der Waals surface area (Å²) in [5.41, 5.74) is 2.44. The molecule has 2 nitrogen and oxygen atoms in total. The van der Waals surface area contributed by atoms with Crippen molar-refractivity contribution >= 4 is 0 Å². The topological polar surface area (TPSA) is 12.2 Å². The number of methoxy groups -OCH3 is 1. The van der Waals surface area contributed by atoms with Crippen LogP contribution >= 0.6 is 0 Å². The molecular formula is C11H13NO. The van der Waals surface area contributed by atoms with Crippen LogP contribution in [0.4, 0.5) is 0 Å². The van der Waals surface area contributed by atoms with E-state index in [9.17, 15) is 0 Å². The summed E-state index contributed by atoms with van der Waals surface area (Å²) in [6, 6.07) is 8.09. The van der Waals surface area contributed by atoms with Crippen molar-refractivity contribution in [3.63, 3.8) is 0 Å². The highest BCUT2D eigenvalue weighted by molar-refractivity contribution is 5.34. The monoisotopic (exact) mass is 175 g/mol. The molecule has 0 aromatic heterocycles. The highest BCUT2D eigenvalue weighted by atomic mass is 16.5. The Balaban J connectivity index is 2.14. The lowest BCUT2D eigenvalue weighted by Crippen LogP contribution is -1.98. The first-order valence-electron chi connectivity index (χ1n) is 4.36. The highest BCUT2D eigenvalue weighted by Crippen LogP contribution is 2.27. The van der Waals surface area contributed by atoms with Gasteiger partial charge in [0.25, 0.3) is 0 Å². The van der Waals surface area contributed by atoms with Gasteiger partial charge in [0, 0.05) is 17.8 Å². The van der Waals surface area contributed by atoms with E-state index >= 15 is 0 Å². The van der Waals surface area contributed by atoms with Gasteiger partial charge in [-0.05, 0) is 6.07 Å². The number of nitrogens with zero attached hydrogens (tertiary/aromatic N) is 1. The Hall–Kier alpha value is -1.44. The summed E-state index contributed by atoms with van der Waals surface area (Å²) in [5.74, 6) is 0.960. The van der Waals surface area contributed by atoms with Crippen LogP contribution in [-0.4, -0.2) is 18.6 Å². The second-order valence-corrected chi connectivity index (χ2v) is 3.23. The van der Waals surface area contributed by atoms with E-state index < -0.39 is 0 Å². The Morgan fingerprint density at radius 1 is 1.46 bits per heavy atom. The van der Waals surface area contributed by atoms with Crippen molar-refractivity contribution in [1.82, 2.24) is 4.90 Å². The first-order valence-corrected chi connectivity index (χ1v) is 4.36. The molecule has 0 N–H and O–H groups in total. The van der Waals surface area contributed by atoms with Crippen LogP contribution in [0.15, 0.2) is 36.5 Å². The Labute approximate surface area is 78.4 Å². The summed E-state index contributed by atoms with van der Waals surface area (Å²) in [6.45, 7) is 5.83. The van der Waals surface area contributed by atoms with Crippen LogP contribution in [0.5, 0.6) is 5.75 Å². The first kappa shape index (κ1) is 8.17. The third-order valence-corrected chi connectivity index (χ3v) is 2.27. The molecule has 1 heterocycles. The average molecular weight is 175 g/mol. The molecule has 0 bridgehead atoms. The molecule has 1 aliphatic heterocycles. The van der Waals surface area contributed by atoms with E-state index in [1.165, 1.54) is 11.3 Å². The lowest BCUT2D eigenvalue weighted by molar-refractivity contribution is 0.403. The first-order chi connectivity index (χ1) is 6.31. The van der Waals surface area contributed by atoms with Crippen molar-refractivity contribution in [2.24, 2.45) is 0 Å². The Morgan fingerprint density at radius 2 is 2.15 bits per heavy atom. The summed E-state index contributed by atoms with van der Waals surface area (Å²) in [5, 5.41) is 0.